The third kappa shape index (κ3) is 93.8. The second kappa shape index (κ2) is 130. The summed E-state index contributed by atoms with van der Waals surface area (Å²) in [5.41, 5.74) is 0. The summed E-state index contributed by atoms with van der Waals surface area (Å²) in [6.07, 6.45) is 0. The summed E-state index contributed by atoms with van der Waals surface area (Å²) in [6, 6.07) is 0. The summed E-state index contributed by atoms with van der Waals surface area (Å²) >= 11 is 0. The van der Waals surface area contributed by atoms with E-state index in [9.17, 15) is 0 Å². The van der Waals surface area contributed by atoms with Crippen molar-refractivity contribution >= 4 is 17.4 Å². The van der Waals surface area contributed by atoms with Crippen LogP contribution in [0.4, 0.5) is 0 Å². The Kier molecular flexibility index (Phi) is 3650. The second-order valence-electron chi connectivity index (χ2n) is 0. The van der Waals surface area contributed by atoms with Crippen molar-refractivity contribution in [2.24, 2.45) is 0 Å². The van der Waals surface area contributed by atoms with Crippen molar-refractivity contribution in [3.8, 4) is 0 Å². The molecule has 0 atom stereocenters. The van der Waals surface area contributed by atoms with E-state index in [0.717, 1.165) is 0 Å². The van der Waals surface area contributed by atoms with Gasteiger partial charge in [-0.05, 0) is 0 Å². The van der Waals surface area contributed by atoms with Crippen LogP contribution in [-0.4, -0.2) is 33.8 Å². The van der Waals surface area contributed by atoms with E-state index in [1.54, 1.807) is 0 Å². The van der Waals surface area contributed by atoms with Crippen molar-refractivity contribution in [1.82, 2.24) is 0 Å². The van der Waals surface area contributed by atoms with E-state index in [4.69, 9.17) is 0 Å². The van der Waals surface area contributed by atoms with Crippen LogP contribution in [0.25, 0.3) is 0 Å². The molecule has 0 spiro atoms. The molecule has 0 aliphatic heterocycles. The molecule has 7 heteroatoms. The van der Waals surface area contributed by atoms with Crippen LogP contribution in [0.2, 0.25) is 0 Å². The number of hydrogen-bond acceptors (Lipinski definition) is 2. The molecule has 3 nitrogen and oxygen atoms in total. The minimum atomic E-state index is 0. The van der Waals surface area contributed by atoms with E-state index in [1.165, 1.54) is 0 Å². The SMILES string of the molecule is O.[Al+3].[Cl-].[Cl-].[Li+].[OH-].[OH-]. The van der Waals surface area contributed by atoms with E-state index < -0.39 is 0 Å². The maximum Gasteiger partial charge on any atom is 3.00 e. The maximum absolute atomic E-state index is 0. The summed E-state index contributed by atoms with van der Waals surface area (Å²) in [4.78, 5) is 0. The van der Waals surface area contributed by atoms with Gasteiger partial charge in [0.25, 0.3) is 0 Å². The van der Waals surface area contributed by atoms with E-state index >= 15 is 0 Å². The predicted octanol–water partition coefficient (Wildman–Crippen LogP) is -10.5. The Balaban J connectivity index is 0. The first-order chi connectivity index (χ1) is 0. The van der Waals surface area contributed by atoms with Crippen LogP contribution < -0.4 is 43.7 Å². The summed E-state index contributed by atoms with van der Waals surface area (Å²) in [5.74, 6) is 0. The Hall–Kier alpha value is 1.59. The molecule has 4 N–H and O–H groups in total. The molecule has 0 aromatic heterocycles. The van der Waals surface area contributed by atoms with Crippen LogP contribution in [0.1, 0.15) is 0 Å². The van der Waals surface area contributed by atoms with Gasteiger partial charge in [0.1, 0.15) is 0 Å². The molecular formula is H4AlCl2LiO3. The quantitative estimate of drug-likeness (QED) is 0.326. The molecule has 0 aliphatic rings. The van der Waals surface area contributed by atoms with Crippen molar-refractivity contribution in [2.45, 2.75) is 0 Å². The van der Waals surface area contributed by atoms with Crippen LogP contribution in [0.5, 0.6) is 0 Å². The van der Waals surface area contributed by atoms with E-state index in [2.05, 4.69) is 0 Å². The zero-order chi connectivity index (χ0) is 0. The minimum Gasteiger partial charge on any atom is -1.00 e. The Morgan fingerprint density at radius 2 is 0.714 bits per heavy atom. The van der Waals surface area contributed by atoms with E-state index in [1.807, 2.05) is 0 Å². The van der Waals surface area contributed by atoms with Gasteiger partial charge >= 0.3 is 36.2 Å². The van der Waals surface area contributed by atoms with Gasteiger partial charge in [-0.1, -0.05) is 0 Å². The molecule has 0 fully saturated rings. The Morgan fingerprint density at radius 1 is 0.714 bits per heavy atom. The van der Waals surface area contributed by atoms with Crippen molar-refractivity contribution in [3.05, 3.63) is 0 Å². The molecule has 0 rings (SSSR count). The molecule has 0 saturated carbocycles. The van der Waals surface area contributed by atoms with Gasteiger partial charge in [-0.2, -0.15) is 0 Å². The number of rotatable bonds is 0. The van der Waals surface area contributed by atoms with Gasteiger partial charge < -0.3 is 41.2 Å². The first kappa shape index (κ1) is 196. The molecule has 0 saturated heterocycles. The van der Waals surface area contributed by atoms with Gasteiger partial charge in [0.2, 0.25) is 0 Å². The molecule has 0 amide bonds. The monoisotopic (exact) mass is 156 g/mol. The molecule has 0 aliphatic carbocycles. The third-order valence-corrected chi connectivity index (χ3v) is 0. The molecule has 0 heterocycles. The van der Waals surface area contributed by atoms with Crippen molar-refractivity contribution < 1.29 is 60.1 Å². The fourth-order valence-corrected chi connectivity index (χ4v) is 0. The fourth-order valence-electron chi connectivity index (χ4n) is 0. The fraction of sp³-hybridized carbons (Fsp3) is 0. The third-order valence-electron chi connectivity index (χ3n) is 0. The molecule has 40 valence electrons. The Bertz CT molecular complexity index is 12.9. The largest absolute Gasteiger partial charge is 3.00 e. The van der Waals surface area contributed by atoms with Crippen LogP contribution in [0.3, 0.4) is 0 Å². The summed E-state index contributed by atoms with van der Waals surface area (Å²) < 4.78 is 0. The Labute approximate surface area is 77.3 Å². The topological polar surface area (TPSA) is 91.5 Å². The zero-order valence-corrected chi connectivity index (χ0v) is 6.39. The van der Waals surface area contributed by atoms with Gasteiger partial charge in [0.05, 0.1) is 0 Å². The first-order valence-corrected chi connectivity index (χ1v) is 0. The van der Waals surface area contributed by atoms with Gasteiger partial charge in [-0.25, -0.2) is 0 Å². The number of hydrogen-bond donors (Lipinski definition) is 0. The van der Waals surface area contributed by atoms with Crippen molar-refractivity contribution in [2.75, 3.05) is 0 Å². The van der Waals surface area contributed by atoms with Gasteiger partial charge in [-0.15, -0.1) is 0 Å². The van der Waals surface area contributed by atoms with Crippen LogP contribution in [0, 0.1) is 0 Å². The standard InChI is InChI=1S/Al.2ClH.Li.3H2O/h;2*1H;;3*1H2/q+3;;;+1;;;/p-4. The van der Waals surface area contributed by atoms with Gasteiger partial charge in [0, 0.05) is 0 Å². The summed E-state index contributed by atoms with van der Waals surface area (Å²) in [5, 5.41) is 0. The molecule has 0 aromatic carbocycles. The van der Waals surface area contributed by atoms with Gasteiger partial charge in [0.15, 0.2) is 0 Å². The zero-order valence-electron chi connectivity index (χ0n) is 3.73. The average Bonchev–Trinajstić information content (AvgIpc) is 0. The smallest absolute Gasteiger partial charge is 1.00 e. The molecule has 0 radical (unpaired) electrons. The molecule has 0 unspecified atom stereocenters. The first-order valence-electron chi connectivity index (χ1n) is 0. The number of halogens is 2. The maximum atomic E-state index is 0. The molecule has 0 aromatic rings. The average molecular weight is 157 g/mol. The predicted molar refractivity (Wildman–Crippen MR) is 13.2 cm³/mol. The molecule has 0 bridgehead atoms. The van der Waals surface area contributed by atoms with Crippen molar-refractivity contribution in [3.63, 3.8) is 0 Å². The second-order valence-corrected chi connectivity index (χ2v) is 0. The van der Waals surface area contributed by atoms with Gasteiger partial charge in [-0.3, -0.25) is 0 Å². The van der Waals surface area contributed by atoms with E-state index in [-0.39, 0.29) is 77.5 Å². The van der Waals surface area contributed by atoms with Crippen LogP contribution >= 0.6 is 0 Å². The molecule has 7 heavy (non-hydrogen) atoms. The summed E-state index contributed by atoms with van der Waals surface area (Å²) in [6.45, 7) is 0. The van der Waals surface area contributed by atoms with E-state index in [0.29, 0.717) is 0 Å². The van der Waals surface area contributed by atoms with Crippen molar-refractivity contribution in [1.29, 1.82) is 0 Å². The summed E-state index contributed by atoms with van der Waals surface area (Å²) in [7, 11) is 0. The minimum absolute atomic E-state index is 0. The van der Waals surface area contributed by atoms with Crippen LogP contribution in [-0.2, 0) is 0 Å². The molecular weight excluding hydrogens is 153 g/mol. The normalized spacial score (nSPS) is 0. The Morgan fingerprint density at radius 3 is 0.714 bits per heavy atom. The van der Waals surface area contributed by atoms with Crippen LogP contribution in [0.15, 0.2) is 0 Å².